The van der Waals surface area contributed by atoms with Crippen molar-refractivity contribution in [3.05, 3.63) is 41.2 Å². The van der Waals surface area contributed by atoms with Crippen molar-refractivity contribution >= 4 is 5.97 Å². The zero-order valence-corrected chi connectivity index (χ0v) is 12.1. The van der Waals surface area contributed by atoms with Crippen molar-refractivity contribution in [1.29, 1.82) is 0 Å². The van der Waals surface area contributed by atoms with Gasteiger partial charge >= 0.3 is 5.97 Å². The van der Waals surface area contributed by atoms with Crippen LogP contribution >= 0.6 is 0 Å². The Balaban J connectivity index is 2.42. The summed E-state index contributed by atoms with van der Waals surface area (Å²) in [6.07, 6.45) is 0.234. The summed E-state index contributed by atoms with van der Waals surface area (Å²) in [5, 5.41) is 4.50. The van der Waals surface area contributed by atoms with E-state index in [-0.39, 0.29) is 12.4 Å². The normalized spacial score (nSPS) is 10.4. The van der Waals surface area contributed by atoms with E-state index < -0.39 is 0 Å². The molecule has 0 atom stereocenters. The SMILES string of the molecule is COC(=O)Cc1c(C)nn(-c2cccc(OC)c2)c1C. The quantitative estimate of drug-likeness (QED) is 0.802. The Morgan fingerprint density at radius 1 is 1.30 bits per heavy atom. The lowest BCUT2D eigenvalue weighted by atomic mass is 10.1. The smallest absolute Gasteiger partial charge is 0.310 e. The molecular formula is C15H18N2O3. The lowest BCUT2D eigenvalue weighted by molar-refractivity contribution is -0.139. The molecule has 5 nitrogen and oxygen atoms in total. The van der Waals surface area contributed by atoms with Crippen LogP contribution in [0.5, 0.6) is 5.75 Å². The molecule has 0 aliphatic heterocycles. The first-order valence-corrected chi connectivity index (χ1v) is 6.33. The Bertz CT molecular complexity index is 632. The summed E-state index contributed by atoms with van der Waals surface area (Å²) < 4.78 is 11.8. The van der Waals surface area contributed by atoms with E-state index in [2.05, 4.69) is 5.10 Å². The molecule has 0 N–H and O–H groups in total. The van der Waals surface area contributed by atoms with E-state index in [4.69, 9.17) is 9.47 Å². The van der Waals surface area contributed by atoms with Crippen LogP contribution in [0.3, 0.4) is 0 Å². The van der Waals surface area contributed by atoms with Crippen LogP contribution in [0.4, 0.5) is 0 Å². The molecule has 5 heteroatoms. The topological polar surface area (TPSA) is 53.3 Å². The maximum atomic E-state index is 11.5. The summed E-state index contributed by atoms with van der Waals surface area (Å²) in [7, 11) is 3.02. The van der Waals surface area contributed by atoms with Crippen molar-refractivity contribution in [2.45, 2.75) is 20.3 Å². The minimum atomic E-state index is -0.263. The Labute approximate surface area is 118 Å². The molecule has 0 spiro atoms. The predicted molar refractivity (Wildman–Crippen MR) is 75.3 cm³/mol. The molecule has 0 radical (unpaired) electrons. The van der Waals surface area contributed by atoms with E-state index in [0.717, 1.165) is 28.4 Å². The monoisotopic (exact) mass is 274 g/mol. The van der Waals surface area contributed by atoms with E-state index in [9.17, 15) is 4.79 Å². The van der Waals surface area contributed by atoms with Crippen molar-refractivity contribution < 1.29 is 14.3 Å². The minimum absolute atomic E-state index is 0.234. The maximum absolute atomic E-state index is 11.5. The maximum Gasteiger partial charge on any atom is 0.310 e. The Hall–Kier alpha value is -2.30. The second kappa shape index (κ2) is 5.77. The summed E-state index contributed by atoms with van der Waals surface area (Å²) in [5.74, 6) is 0.506. The number of methoxy groups -OCH3 is 2. The summed E-state index contributed by atoms with van der Waals surface area (Å²) >= 11 is 0. The van der Waals surface area contributed by atoms with Gasteiger partial charge in [-0.05, 0) is 26.0 Å². The average molecular weight is 274 g/mol. The number of benzene rings is 1. The first-order valence-electron chi connectivity index (χ1n) is 6.33. The van der Waals surface area contributed by atoms with E-state index in [1.165, 1.54) is 7.11 Å². The molecule has 20 heavy (non-hydrogen) atoms. The zero-order valence-electron chi connectivity index (χ0n) is 12.1. The lowest BCUT2D eigenvalue weighted by Gasteiger charge is -2.07. The number of ether oxygens (including phenoxy) is 2. The fraction of sp³-hybridized carbons (Fsp3) is 0.333. The minimum Gasteiger partial charge on any atom is -0.497 e. The molecule has 0 saturated heterocycles. The van der Waals surface area contributed by atoms with Crippen LogP contribution < -0.4 is 4.74 Å². The van der Waals surface area contributed by atoms with Gasteiger partial charge in [0.15, 0.2) is 0 Å². The molecule has 0 fully saturated rings. The molecule has 2 aromatic rings. The molecule has 1 aromatic carbocycles. The van der Waals surface area contributed by atoms with Crippen molar-refractivity contribution in [2.75, 3.05) is 14.2 Å². The van der Waals surface area contributed by atoms with Gasteiger partial charge in [-0.3, -0.25) is 4.79 Å². The Morgan fingerprint density at radius 3 is 2.70 bits per heavy atom. The summed E-state index contributed by atoms with van der Waals surface area (Å²) in [6.45, 7) is 3.83. The van der Waals surface area contributed by atoms with Gasteiger partial charge in [0.1, 0.15) is 5.75 Å². The first kappa shape index (κ1) is 14.1. The van der Waals surface area contributed by atoms with Crippen molar-refractivity contribution in [3.63, 3.8) is 0 Å². The standard InChI is InChI=1S/C15H18N2O3/c1-10-14(9-15(18)20-4)11(2)17(16-10)12-6-5-7-13(8-12)19-3/h5-8H,9H2,1-4H3. The van der Waals surface area contributed by atoms with Gasteiger partial charge in [-0.1, -0.05) is 6.07 Å². The van der Waals surface area contributed by atoms with Crippen LogP contribution in [0.25, 0.3) is 5.69 Å². The molecular weight excluding hydrogens is 256 g/mol. The second-order valence-corrected chi connectivity index (χ2v) is 4.52. The highest BCUT2D eigenvalue weighted by Gasteiger charge is 2.16. The van der Waals surface area contributed by atoms with Gasteiger partial charge in [0.05, 0.1) is 32.0 Å². The average Bonchev–Trinajstić information content (AvgIpc) is 2.75. The molecule has 0 bridgehead atoms. The van der Waals surface area contributed by atoms with Gasteiger partial charge in [0.2, 0.25) is 0 Å². The molecule has 1 aromatic heterocycles. The molecule has 0 aliphatic carbocycles. The molecule has 1 heterocycles. The highest BCUT2D eigenvalue weighted by atomic mass is 16.5. The molecule has 0 aliphatic rings. The highest BCUT2D eigenvalue weighted by Crippen LogP contribution is 2.21. The van der Waals surface area contributed by atoms with Gasteiger partial charge in [0.25, 0.3) is 0 Å². The Morgan fingerprint density at radius 2 is 2.05 bits per heavy atom. The van der Waals surface area contributed by atoms with Crippen molar-refractivity contribution in [1.82, 2.24) is 9.78 Å². The van der Waals surface area contributed by atoms with Crippen LogP contribution in [-0.4, -0.2) is 30.0 Å². The predicted octanol–water partition coefficient (Wildman–Crippen LogP) is 2.21. The number of hydrogen-bond donors (Lipinski definition) is 0. The number of carbonyl (C=O) groups excluding carboxylic acids is 1. The van der Waals surface area contributed by atoms with Crippen molar-refractivity contribution in [2.24, 2.45) is 0 Å². The van der Waals surface area contributed by atoms with Gasteiger partial charge in [-0.15, -0.1) is 0 Å². The van der Waals surface area contributed by atoms with Crippen LogP contribution in [0.15, 0.2) is 24.3 Å². The third-order valence-electron chi connectivity index (χ3n) is 3.29. The fourth-order valence-corrected chi connectivity index (χ4v) is 2.14. The number of aryl methyl sites for hydroxylation is 1. The molecule has 0 unspecified atom stereocenters. The number of esters is 1. The summed E-state index contributed by atoms with van der Waals surface area (Å²) in [5.41, 5.74) is 3.57. The summed E-state index contributed by atoms with van der Waals surface area (Å²) in [4.78, 5) is 11.5. The zero-order chi connectivity index (χ0) is 14.7. The van der Waals surface area contributed by atoms with E-state index in [0.29, 0.717) is 0 Å². The Kier molecular flexibility index (Phi) is 4.08. The van der Waals surface area contributed by atoms with Crippen LogP contribution in [0, 0.1) is 13.8 Å². The molecule has 106 valence electrons. The lowest BCUT2D eigenvalue weighted by Crippen LogP contribution is -2.06. The van der Waals surface area contributed by atoms with Gasteiger partial charge in [-0.25, -0.2) is 4.68 Å². The van der Waals surface area contributed by atoms with Gasteiger partial charge < -0.3 is 9.47 Å². The second-order valence-electron chi connectivity index (χ2n) is 4.52. The van der Waals surface area contributed by atoms with E-state index >= 15 is 0 Å². The number of rotatable bonds is 4. The number of nitrogens with zero attached hydrogens (tertiary/aromatic N) is 2. The molecule has 2 rings (SSSR count). The van der Waals surface area contributed by atoms with Gasteiger partial charge in [-0.2, -0.15) is 5.10 Å². The van der Waals surface area contributed by atoms with Gasteiger partial charge in [0, 0.05) is 17.3 Å². The van der Waals surface area contributed by atoms with E-state index in [1.54, 1.807) is 7.11 Å². The largest absolute Gasteiger partial charge is 0.497 e. The van der Waals surface area contributed by atoms with Crippen molar-refractivity contribution in [3.8, 4) is 11.4 Å². The summed E-state index contributed by atoms with van der Waals surface area (Å²) in [6, 6.07) is 7.64. The third kappa shape index (κ3) is 2.66. The molecule has 0 saturated carbocycles. The number of aromatic nitrogens is 2. The first-order chi connectivity index (χ1) is 9.56. The van der Waals surface area contributed by atoms with Crippen LogP contribution in [-0.2, 0) is 16.0 Å². The number of carbonyl (C=O) groups is 1. The molecule has 0 amide bonds. The highest BCUT2D eigenvalue weighted by molar-refractivity contribution is 5.73. The van der Waals surface area contributed by atoms with Crippen LogP contribution in [0.1, 0.15) is 17.0 Å². The number of hydrogen-bond acceptors (Lipinski definition) is 4. The van der Waals surface area contributed by atoms with Crippen LogP contribution in [0.2, 0.25) is 0 Å². The third-order valence-corrected chi connectivity index (χ3v) is 3.29. The fourth-order valence-electron chi connectivity index (χ4n) is 2.14. The van der Waals surface area contributed by atoms with E-state index in [1.807, 2.05) is 42.8 Å².